The van der Waals surface area contributed by atoms with Crippen molar-refractivity contribution in [1.29, 1.82) is 0 Å². The highest BCUT2D eigenvalue weighted by Gasteiger charge is 2.33. The Hall–Kier alpha value is -3.29. The zero-order valence-corrected chi connectivity index (χ0v) is 20.9. The van der Waals surface area contributed by atoms with Crippen molar-refractivity contribution in [3.63, 3.8) is 0 Å². The maximum atomic E-state index is 13.1. The number of nitrogens with one attached hydrogen (secondary N) is 3. The van der Waals surface area contributed by atoms with Crippen molar-refractivity contribution < 1.29 is 37.4 Å². The Labute approximate surface area is 219 Å². The average Bonchev–Trinajstić information content (AvgIpc) is 3.62. The summed E-state index contributed by atoms with van der Waals surface area (Å²) in [5.41, 5.74) is 0.194. The van der Waals surface area contributed by atoms with Gasteiger partial charge in [0.25, 0.3) is 11.8 Å². The molecule has 198 valence electrons. The monoisotopic (exact) mass is 556 g/mol. The number of amides is 4. The summed E-state index contributed by atoms with van der Waals surface area (Å²) < 4.78 is 36.4. The van der Waals surface area contributed by atoms with Gasteiger partial charge < -0.3 is 30.3 Å². The van der Waals surface area contributed by atoms with Gasteiger partial charge >= 0.3 is 6.61 Å². The summed E-state index contributed by atoms with van der Waals surface area (Å²) in [6, 6.07) is 5.88. The molecule has 1 aliphatic heterocycles. The summed E-state index contributed by atoms with van der Waals surface area (Å²) in [4.78, 5) is 51.7. The lowest BCUT2D eigenvalue weighted by Crippen LogP contribution is -2.51. The minimum Gasteiger partial charge on any atom is -0.433 e. The summed E-state index contributed by atoms with van der Waals surface area (Å²) in [5.74, 6) is -2.53. The van der Waals surface area contributed by atoms with Crippen molar-refractivity contribution in [2.75, 3.05) is 36.5 Å². The number of thiophene rings is 1. The first-order chi connectivity index (χ1) is 17.7. The van der Waals surface area contributed by atoms with Crippen molar-refractivity contribution in [3.05, 3.63) is 39.5 Å². The van der Waals surface area contributed by atoms with Gasteiger partial charge in [-0.05, 0) is 37.1 Å². The first kappa shape index (κ1) is 26.8. The van der Waals surface area contributed by atoms with Gasteiger partial charge in [-0.3, -0.25) is 19.2 Å². The predicted molar refractivity (Wildman–Crippen MR) is 131 cm³/mol. The third-order valence-electron chi connectivity index (χ3n) is 5.58. The van der Waals surface area contributed by atoms with E-state index in [9.17, 15) is 28.0 Å². The van der Waals surface area contributed by atoms with E-state index >= 15 is 0 Å². The van der Waals surface area contributed by atoms with Crippen LogP contribution in [0.4, 0.5) is 20.2 Å². The molecule has 1 atom stereocenters. The van der Waals surface area contributed by atoms with Crippen LogP contribution in [0.1, 0.15) is 22.5 Å². The van der Waals surface area contributed by atoms with Crippen LogP contribution in [0.15, 0.2) is 30.3 Å². The van der Waals surface area contributed by atoms with Crippen LogP contribution in [0.25, 0.3) is 0 Å². The van der Waals surface area contributed by atoms with Crippen LogP contribution in [0.3, 0.4) is 0 Å². The second-order valence-corrected chi connectivity index (χ2v) is 10.0. The van der Waals surface area contributed by atoms with Crippen molar-refractivity contribution in [2.24, 2.45) is 5.92 Å². The summed E-state index contributed by atoms with van der Waals surface area (Å²) in [6.45, 7) is -3.10. The molecule has 4 rings (SSSR count). The molecule has 1 aromatic carbocycles. The quantitative estimate of drug-likeness (QED) is 0.413. The topological polar surface area (TPSA) is 126 Å². The van der Waals surface area contributed by atoms with Crippen molar-refractivity contribution >= 4 is 57.9 Å². The zero-order chi connectivity index (χ0) is 26.5. The molecular formula is C23H23ClF2N4O6S. The highest BCUT2D eigenvalue weighted by molar-refractivity contribution is 7.18. The van der Waals surface area contributed by atoms with Crippen LogP contribution in [-0.2, 0) is 19.1 Å². The van der Waals surface area contributed by atoms with Crippen LogP contribution in [0, 0.1) is 5.92 Å². The van der Waals surface area contributed by atoms with E-state index in [1.54, 1.807) is 6.07 Å². The Kier molecular flexibility index (Phi) is 8.56. The number of nitrogens with zero attached hydrogens (tertiary/aromatic N) is 1. The summed E-state index contributed by atoms with van der Waals surface area (Å²) in [5, 5.41) is 7.65. The fraction of sp³-hybridized carbons (Fsp3) is 0.391. The van der Waals surface area contributed by atoms with Gasteiger partial charge in [-0.2, -0.15) is 8.78 Å². The van der Waals surface area contributed by atoms with Crippen molar-refractivity contribution in [2.45, 2.75) is 25.5 Å². The molecule has 2 aliphatic rings. The third-order valence-corrected chi connectivity index (χ3v) is 6.81. The maximum absolute atomic E-state index is 13.1. The van der Waals surface area contributed by atoms with E-state index in [0.29, 0.717) is 27.7 Å². The van der Waals surface area contributed by atoms with Crippen molar-refractivity contribution in [1.82, 2.24) is 10.6 Å². The number of carbonyl (C=O) groups is 4. The minimum atomic E-state index is -3.20. The zero-order valence-electron chi connectivity index (χ0n) is 19.3. The number of benzene rings is 1. The van der Waals surface area contributed by atoms with Crippen LogP contribution < -0.4 is 25.6 Å². The Morgan fingerprint density at radius 2 is 2.00 bits per heavy atom. The molecule has 37 heavy (non-hydrogen) atoms. The van der Waals surface area contributed by atoms with E-state index in [1.807, 2.05) is 0 Å². The molecule has 1 aromatic heterocycles. The summed E-state index contributed by atoms with van der Waals surface area (Å²) >= 11 is 6.91. The van der Waals surface area contributed by atoms with E-state index in [-0.39, 0.29) is 55.5 Å². The molecule has 2 fully saturated rings. The van der Waals surface area contributed by atoms with Gasteiger partial charge in [-0.1, -0.05) is 11.6 Å². The molecule has 14 heteroatoms. The highest BCUT2D eigenvalue weighted by Crippen LogP contribution is 2.32. The molecule has 1 saturated heterocycles. The standard InChI is InChI=1S/C23H23ClF2N4O6S/c24-18-6-5-17(37-18)22(34)27-10-15(29-20(32)12-1-2-12)21(33)28-14-4-3-13(9-16(14)36-23(25)26)30-7-8-35-11-19(30)31/h3-6,9,12,15,23H,1-2,7-8,10-11H2,(H,27,34)(H,28,33)(H,29,32)/t15-/m1/s1. The minimum absolute atomic E-state index is 0.100. The van der Waals surface area contributed by atoms with Crippen LogP contribution >= 0.6 is 22.9 Å². The second kappa shape index (κ2) is 11.8. The SMILES string of the molecule is O=C(NC[C@@H](NC(=O)C1CC1)C(=O)Nc1ccc(N2CCOCC2=O)cc1OC(F)F)c1ccc(Cl)s1. The number of hydrogen-bond donors (Lipinski definition) is 3. The first-order valence-corrected chi connectivity index (χ1v) is 12.5. The van der Waals surface area contributed by atoms with Gasteiger partial charge in [0, 0.05) is 30.8 Å². The fourth-order valence-corrected chi connectivity index (χ4v) is 4.51. The molecule has 0 unspecified atom stereocenters. The number of carbonyl (C=O) groups excluding carboxylic acids is 4. The van der Waals surface area contributed by atoms with Gasteiger partial charge in [0.2, 0.25) is 11.8 Å². The molecular weight excluding hydrogens is 534 g/mol. The summed E-state index contributed by atoms with van der Waals surface area (Å²) in [7, 11) is 0. The molecule has 2 aromatic rings. The first-order valence-electron chi connectivity index (χ1n) is 11.3. The lowest BCUT2D eigenvalue weighted by molar-refractivity contribution is -0.127. The molecule has 1 aliphatic carbocycles. The average molecular weight is 557 g/mol. The number of hydrogen-bond acceptors (Lipinski definition) is 7. The fourth-order valence-electron chi connectivity index (χ4n) is 3.55. The van der Waals surface area contributed by atoms with Gasteiger partial charge in [-0.25, -0.2) is 0 Å². The van der Waals surface area contributed by atoms with Gasteiger partial charge in [0.15, 0.2) is 5.75 Å². The lowest BCUT2D eigenvalue weighted by Gasteiger charge is -2.27. The highest BCUT2D eigenvalue weighted by atomic mass is 35.5. The van der Waals surface area contributed by atoms with Crippen LogP contribution in [-0.4, -0.2) is 62.6 Å². The molecule has 10 nitrogen and oxygen atoms in total. The van der Waals surface area contributed by atoms with E-state index in [0.717, 1.165) is 11.3 Å². The number of rotatable bonds is 10. The Bertz CT molecular complexity index is 1190. The molecule has 2 heterocycles. The van der Waals surface area contributed by atoms with Gasteiger partial charge in [0.1, 0.15) is 12.6 Å². The van der Waals surface area contributed by atoms with E-state index in [2.05, 4.69) is 20.7 Å². The Morgan fingerprint density at radius 3 is 2.65 bits per heavy atom. The van der Waals surface area contributed by atoms with Crippen molar-refractivity contribution in [3.8, 4) is 5.75 Å². The van der Waals surface area contributed by atoms with Crippen LogP contribution in [0.2, 0.25) is 4.34 Å². The Balaban J connectivity index is 1.50. The molecule has 3 N–H and O–H groups in total. The smallest absolute Gasteiger partial charge is 0.387 e. The number of anilines is 2. The second-order valence-electron chi connectivity index (χ2n) is 8.30. The van der Waals surface area contributed by atoms with E-state index in [4.69, 9.17) is 16.3 Å². The number of ether oxygens (including phenoxy) is 2. The van der Waals surface area contributed by atoms with E-state index < -0.39 is 24.5 Å². The summed E-state index contributed by atoms with van der Waals surface area (Å²) in [6.07, 6.45) is 1.38. The number of halogens is 3. The predicted octanol–water partition coefficient (Wildman–Crippen LogP) is 2.63. The van der Waals surface area contributed by atoms with Gasteiger partial charge in [-0.15, -0.1) is 11.3 Å². The maximum Gasteiger partial charge on any atom is 0.387 e. The number of alkyl halides is 2. The van der Waals surface area contributed by atoms with Crippen LogP contribution in [0.5, 0.6) is 5.75 Å². The molecule has 0 bridgehead atoms. The molecule has 1 saturated carbocycles. The normalized spacial score (nSPS) is 16.3. The lowest BCUT2D eigenvalue weighted by atomic mass is 10.2. The molecule has 0 spiro atoms. The van der Waals surface area contributed by atoms with Gasteiger partial charge in [0.05, 0.1) is 21.5 Å². The molecule has 0 radical (unpaired) electrons. The molecule has 4 amide bonds. The van der Waals surface area contributed by atoms with E-state index in [1.165, 1.54) is 29.2 Å². The Morgan fingerprint density at radius 1 is 1.22 bits per heavy atom. The largest absolute Gasteiger partial charge is 0.433 e. The number of morpholine rings is 1. The third kappa shape index (κ3) is 7.14.